The largest absolute Gasteiger partial charge is 0.382 e. The second kappa shape index (κ2) is 8.75. The van der Waals surface area contributed by atoms with E-state index in [0.29, 0.717) is 19.8 Å². The lowest BCUT2D eigenvalue weighted by molar-refractivity contribution is -0.190. The van der Waals surface area contributed by atoms with E-state index in [4.69, 9.17) is 18.9 Å². The highest BCUT2D eigenvalue weighted by molar-refractivity contribution is 5.14. The van der Waals surface area contributed by atoms with Gasteiger partial charge in [-0.05, 0) is 18.1 Å². The fraction of sp³-hybridized carbons (Fsp3) is 0.429. The summed E-state index contributed by atoms with van der Waals surface area (Å²) in [4.78, 5) is 0. The lowest BCUT2D eigenvalue weighted by atomic mass is 9.97. The van der Waals surface area contributed by atoms with Crippen LogP contribution in [0.5, 0.6) is 0 Å². The van der Waals surface area contributed by atoms with Crippen LogP contribution in [0, 0.1) is 0 Å². The van der Waals surface area contributed by atoms with E-state index in [9.17, 15) is 5.11 Å². The van der Waals surface area contributed by atoms with Crippen LogP contribution in [0.4, 0.5) is 0 Å². The van der Waals surface area contributed by atoms with E-state index in [2.05, 4.69) is 0 Å². The van der Waals surface area contributed by atoms with Gasteiger partial charge in [-0.25, -0.2) is 0 Å². The van der Waals surface area contributed by atoms with Crippen LogP contribution in [-0.4, -0.2) is 42.9 Å². The molecule has 0 saturated carbocycles. The molecule has 5 heteroatoms. The normalized spacial score (nSPS) is 28.3. The van der Waals surface area contributed by atoms with Crippen LogP contribution in [0.25, 0.3) is 0 Å². The second-order valence-corrected chi connectivity index (χ2v) is 6.69. The quantitative estimate of drug-likeness (QED) is 0.786. The van der Waals surface area contributed by atoms with Crippen molar-refractivity contribution in [3.8, 4) is 0 Å². The number of methoxy groups -OCH3 is 1. The Kier molecular flexibility index (Phi) is 6.40. The van der Waals surface area contributed by atoms with Crippen molar-refractivity contribution in [2.45, 2.75) is 44.2 Å². The maximum absolute atomic E-state index is 10.8. The first-order valence-corrected chi connectivity index (χ1v) is 8.79. The van der Waals surface area contributed by atoms with E-state index in [0.717, 1.165) is 11.1 Å². The van der Waals surface area contributed by atoms with Gasteiger partial charge in [0.05, 0.1) is 19.8 Å². The van der Waals surface area contributed by atoms with Gasteiger partial charge in [-0.15, -0.1) is 0 Å². The van der Waals surface area contributed by atoms with Crippen molar-refractivity contribution in [1.82, 2.24) is 0 Å². The zero-order chi connectivity index (χ0) is 18.4. The number of aliphatic hydroxyl groups is 1. The molecule has 0 aromatic heterocycles. The fourth-order valence-corrected chi connectivity index (χ4v) is 3.20. The highest BCUT2D eigenvalue weighted by Gasteiger charge is 2.54. The average Bonchev–Trinajstić information content (AvgIpc) is 2.91. The molecule has 0 aliphatic carbocycles. The molecule has 1 unspecified atom stereocenters. The molecule has 0 spiro atoms. The van der Waals surface area contributed by atoms with Crippen LogP contribution in [0.3, 0.4) is 0 Å². The van der Waals surface area contributed by atoms with Crippen LogP contribution in [-0.2, 0) is 32.2 Å². The number of ether oxygens (including phenoxy) is 4. The van der Waals surface area contributed by atoms with Crippen molar-refractivity contribution in [3.63, 3.8) is 0 Å². The summed E-state index contributed by atoms with van der Waals surface area (Å²) in [5.41, 5.74) is 0.861. The van der Waals surface area contributed by atoms with Crippen molar-refractivity contribution in [1.29, 1.82) is 0 Å². The molecule has 2 aromatic carbocycles. The van der Waals surface area contributed by atoms with E-state index in [1.54, 1.807) is 6.92 Å². The Balaban J connectivity index is 1.61. The third-order valence-corrected chi connectivity index (χ3v) is 4.57. The molecule has 2 aromatic rings. The summed E-state index contributed by atoms with van der Waals surface area (Å²) in [5, 5.41) is 10.8. The highest BCUT2D eigenvalue weighted by atomic mass is 16.7. The molecule has 1 aliphatic heterocycles. The van der Waals surface area contributed by atoms with Gasteiger partial charge in [0.1, 0.15) is 17.8 Å². The Bertz CT molecular complexity index is 659. The van der Waals surface area contributed by atoms with Gasteiger partial charge in [-0.1, -0.05) is 60.7 Å². The molecule has 140 valence electrons. The first kappa shape index (κ1) is 19.0. The van der Waals surface area contributed by atoms with Gasteiger partial charge in [-0.2, -0.15) is 0 Å². The molecule has 4 atom stereocenters. The summed E-state index contributed by atoms with van der Waals surface area (Å²) in [6.07, 6.45) is -1.72. The predicted molar refractivity (Wildman–Crippen MR) is 97.4 cm³/mol. The SMILES string of the molecule is CO[C@@H]1O[C@H](COCc2ccccc2)[C@H](OCc2ccccc2)C1(C)O. The minimum absolute atomic E-state index is 0.310. The average molecular weight is 358 g/mol. The first-order chi connectivity index (χ1) is 12.6. The van der Waals surface area contributed by atoms with Gasteiger partial charge < -0.3 is 24.1 Å². The van der Waals surface area contributed by atoms with Gasteiger partial charge in [0.15, 0.2) is 6.29 Å². The Labute approximate surface area is 154 Å². The van der Waals surface area contributed by atoms with E-state index in [-0.39, 0.29) is 0 Å². The molecule has 1 fully saturated rings. The van der Waals surface area contributed by atoms with Crippen molar-refractivity contribution in [2.75, 3.05) is 13.7 Å². The van der Waals surface area contributed by atoms with Crippen LogP contribution in [0.1, 0.15) is 18.1 Å². The van der Waals surface area contributed by atoms with Gasteiger partial charge in [0.25, 0.3) is 0 Å². The minimum atomic E-state index is -1.26. The smallest absolute Gasteiger partial charge is 0.188 e. The molecule has 0 amide bonds. The van der Waals surface area contributed by atoms with Gasteiger partial charge in [0.2, 0.25) is 0 Å². The molecule has 26 heavy (non-hydrogen) atoms. The minimum Gasteiger partial charge on any atom is -0.382 e. The van der Waals surface area contributed by atoms with E-state index < -0.39 is 24.1 Å². The van der Waals surface area contributed by atoms with E-state index >= 15 is 0 Å². The molecule has 1 heterocycles. The predicted octanol–water partition coefficient (Wildman–Crippen LogP) is 2.91. The molecule has 3 rings (SSSR count). The number of hydrogen-bond acceptors (Lipinski definition) is 5. The van der Waals surface area contributed by atoms with Crippen molar-refractivity contribution in [2.24, 2.45) is 0 Å². The third-order valence-electron chi connectivity index (χ3n) is 4.57. The Morgan fingerprint density at radius 1 is 0.962 bits per heavy atom. The number of rotatable bonds is 8. The highest BCUT2D eigenvalue weighted by Crippen LogP contribution is 2.34. The third kappa shape index (κ3) is 4.50. The second-order valence-electron chi connectivity index (χ2n) is 6.69. The van der Waals surface area contributed by atoms with Crippen molar-refractivity contribution < 1.29 is 24.1 Å². The lowest BCUT2D eigenvalue weighted by Gasteiger charge is -2.29. The van der Waals surface area contributed by atoms with Crippen LogP contribution in [0.2, 0.25) is 0 Å². The molecular formula is C21H26O5. The zero-order valence-corrected chi connectivity index (χ0v) is 15.2. The molecular weight excluding hydrogens is 332 g/mol. The van der Waals surface area contributed by atoms with E-state index in [1.807, 2.05) is 60.7 Å². The summed E-state index contributed by atoms with van der Waals surface area (Å²) in [7, 11) is 1.51. The monoisotopic (exact) mass is 358 g/mol. The first-order valence-electron chi connectivity index (χ1n) is 8.79. The van der Waals surface area contributed by atoms with Gasteiger partial charge >= 0.3 is 0 Å². The van der Waals surface area contributed by atoms with Gasteiger partial charge in [-0.3, -0.25) is 0 Å². The molecule has 5 nitrogen and oxygen atoms in total. The Morgan fingerprint density at radius 3 is 2.12 bits per heavy atom. The van der Waals surface area contributed by atoms with Crippen molar-refractivity contribution >= 4 is 0 Å². The molecule has 0 bridgehead atoms. The number of hydrogen-bond donors (Lipinski definition) is 1. The van der Waals surface area contributed by atoms with Crippen LogP contribution in [0.15, 0.2) is 60.7 Å². The summed E-state index contributed by atoms with van der Waals surface area (Å²) < 4.78 is 23.0. The summed E-state index contributed by atoms with van der Waals surface area (Å²) >= 11 is 0. The molecule has 1 saturated heterocycles. The molecule has 1 N–H and O–H groups in total. The summed E-state index contributed by atoms with van der Waals surface area (Å²) in [5.74, 6) is 0. The van der Waals surface area contributed by atoms with Crippen LogP contribution < -0.4 is 0 Å². The molecule has 1 aliphatic rings. The topological polar surface area (TPSA) is 57.2 Å². The van der Waals surface area contributed by atoms with Gasteiger partial charge in [0, 0.05) is 7.11 Å². The standard InChI is InChI=1S/C21H26O5/c1-21(22)19(25-14-17-11-7-4-8-12-17)18(26-20(21)23-2)15-24-13-16-9-5-3-6-10-16/h3-12,18-20,22H,13-15H2,1-2H3/t18-,19+,20-,21?/m1/s1. The number of benzene rings is 2. The fourth-order valence-electron chi connectivity index (χ4n) is 3.20. The summed E-state index contributed by atoms with van der Waals surface area (Å²) in [6, 6.07) is 19.8. The van der Waals surface area contributed by atoms with E-state index in [1.165, 1.54) is 7.11 Å². The summed E-state index contributed by atoms with van der Waals surface area (Å²) in [6.45, 7) is 2.85. The zero-order valence-electron chi connectivity index (χ0n) is 15.2. The maximum Gasteiger partial charge on any atom is 0.188 e. The van der Waals surface area contributed by atoms with Crippen molar-refractivity contribution in [3.05, 3.63) is 71.8 Å². The maximum atomic E-state index is 10.8. The molecule has 0 radical (unpaired) electrons. The lowest BCUT2D eigenvalue weighted by Crippen LogP contribution is -2.48. The Hall–Kier alpha value is -1.76. The Morgan fingerprint density at radius 2 is 1.54 bits per heavy atom. The van der Waals surface area contributed by atoms with Crippen LogP contribution >= 0.6 is 0 Å².